The zero-order chi connectivity index (χ0) is 13.6. The third-order valence-electron chi connectivity index (χ3n) is 1.90. The first-order chi connectivity index (χ1) is 7.71. The lowest BCUT2D eigenvalue weighted by molar-refractivity contribution is -0.110. The maximum Gasteiger partial charge on any atom is 0.418 e. The Bertz CT molecular complexity index is 315. The summed E-state index contributed by atoms with van der Waals surface area (Å²) < 4.78 is 5.19. The third-order valence-corrected chi connectivity index (χ3v) is 1.90. The van der Waals surface area contributed by atoms with Gasteiger partial charge in [0.15, 0.2) is 0 Å². The number of ether oxygens (including phenoxy) is 1. The van der Waals surface area contributed by atoms with E-state index < -0.39 is 11.7 Å². The van der Waals surface area contributed by atoms with Crippen molar-refractivity contribution >= 4 is 12.4 Å². The van der Waals surface area contributed by atoms with Crippen LogP contribution in [0.25, 0.3) is 0 Å². The van der Waals surface area contributed by atoms with Crippen molar-refractivity contribution in [2.75, 3.05) is 0 Å². The van der Waals surface area contributed by atoms with Gasteiger partial charge in [-0.25, -0.2) is 4.79 Å². The summed E-state index contributed by atoms with van der Waals surface area (Å²) in [4.78, 5) is 23.6. The summed E-state index contributed by atoms with van der Waals surface area (Å²) in [5, 5.41) is 0. The molecule has 0 aromatic rings. The SMILES string of the molecule is C=CN(C(=C)C[C@H](C)C=O)C(=O)OC(C)(C)C. The zero-order valence-electron chi connectivity index (χ0n) is 11.0. The first-order valence-electron chi connectivity index (χ1n) is 5.49. The maximum absolute atomic E-state index is 11.8. The molecule has 1 atom stereocenters. The van der Waals surface area contributed by atoms with Gasteiger partial charge in [-0.1, -0.05) is 20.1 Å². The number of carbonyl (C=O) groups excluding carboxylic acids is 2. The summed E-state index contributed by atoms with van der Waals surface area (Å²) >= 11 is 0. The molecule has 0 heterocycles. The summed E-state index contributed by atoms with van der Waals surface area (Å²) in [5.41, 5.74) is -0.0802. The lowest BCUT2D eigenvalue weighted by Gasteiger charge is -2.26. The van der Waals surface area contributed by atoms with E-state index in [0.717, 1.165) is 6.29 Å². The molecule has 96 valence electrons. The van der Waals surface area contributed by atoms with Crippen LogP contribution in [-0.4, -0.2) is 22.9 Å². The van der Waals surface area contributed by atoms with Crippen molar-refractivity contribution in [3.63, 3.8) is 0 Å². The van der Waals surface area contributed by atoms with E-state index in [2.05, 4.69) is 13.2 Å². The number of amides is 1. The molecule has 0 spiro atoms. The smallest absolute Gasteiger partial charge is 0.418 e. The lowest BCUT2D eigenvalue weighted by Crippen LogP contribution is -2.33. The monoisotopic (exact) mass is 239 g/mol. The van der Waals surface area contributed by atoms with Gasteiger partial charge in [0.2, 0.25) is 0 Å². The Hall–Kier alpha value is -1.58. The molecule has 0 saturated heterocycles. The molecule has 0 N–H and O–H groups in total. The average Bonchev–Trinajstić information content (AvgIpc) is 2.15. The highest BCUT2D eigenvalue weighted by atomic mass is 16.6. The van der Waals surface area contributed by atoms with E-state index in [0.29, 0.717) is 12.1 Å². The Morgan fingerprint density at radius 1 is 1.47 bits per heavy atom. The molecule has 4 heteroatoms. The van der Waals surface area contributed by atoms with Crippen LogP contribution in [0, 0.1) is 5.92 Å². The minimum Gasteiger partial charge on any atom is -0.443 e. The molecule has 17 heavy (non-hydrogen) atoms. The van der Waals surface area contributed by atoms with Gasteiger partial charge in [-0.15, -0.1) is 0 Å². The molecule has 0 radical (unpaired) electrons. The second-order valence-electron chi connectivity index (χ2n) is 4.92. The van der Waals surface area contributed by atoms with Crippen molar-refractivity contribution in [3.05, 3.63) is 25.1 Å². The predicted octanol–water partition coefficient (Wildman–Crippen LogP) is 3.11. The highest BCUT2D eigenvalue weighted by Gasteiger charge is 2.22. The Balaban J connectivity index is 4.61. The van der Waals surface area contributed by atoms with Crippen molar-refractivity contribution in [2.45, 2.75) is 39.7 Å². The molecule has 0 rings (SSSR count). The molecule has 0 fully saturated rings. The zero-order valence-corrected chi connectivity index (χ0v) is 11.0. The largest absolute Gasteiger partial charge is 0.443 e. The quantitative estimate of drug-likeness (QED) is 0.692. The Labute approximate surface area is 103 Å². The summed E-state index contributed by atoms with van der Waals surface area (Å²) in [6, 6.07) is 0. The van der Waals surface area contributed by atoms with Crippen LogP contribution in [0.3, 0.4) is 0 Å². The molecule has 0 unspecified atom stereocenters. The fourth-order valence-electron chi connectivity index (χ4n) is 1.16. The molecule has 1 amide bonds. The molecule has 0 bridgehead atoms. The Morgan fingerprint density at radius 3 is 2.35 bits per heavy atom. The van der Waals surface area contributed by atoms with E-state index in [1.807, 2.05) is 0 Å². The second-order valence-corrected chi connectivity index (χ2v) is 4.92. The van der Waals surface area contributed by atoms with Gasteiger partial charge in [0.1, 0.15) is 11.9 Å². The first-order valence-corrected chi connectivity index (χ1v) is 5.49. The van der Waals surface area contributed by atoms with Gasteiger partial charge in [0.05, 0.1) is 0 Å². The van der Waals surface area contributed by atoms with Crippen LogP contribution in [0.2, 0.25) is 0 Å². The molecule has 0 aromatic carbocycles. The molecular weight excluding hydrogens is 218 g/mol. The van der Waals surface area contributed by atoms with Crippen molar-refractivity contribution in [3.8, 4) is 0 Å². The minimum absolute atomic E-state index is 0.188. The number of hydrogen-bond donors (Lipinski definition) is 0. The second kappa shape index (κ2) is 6.23. The highest BCUT2D eigenvalue weighted by molar-refractivity contribution is 5.71. The summed E-state index contributed by atoms with van der Waals surface area (Å²) in [6.07, 6.45) is 2.03. The van der Waals surface area contributed by atoms with E-state index in [1.54, 1.807) is 27.7 Å². The van der Waals surface area contributed by atoms with Crippen LogP contribution >= 0.6 is 0 Å². The molecule has 0 aromatic heterocycles. The van der Waals surface area contributed by atoms with Crippen molar-refractivity contribution in [1.29, 1.82) is 0 Å². The fraction of sp³-hybridized carbons (Fsp3) is 0.538. The number of allylic oxidation sites excluding steroid dienone is 1. The van der Waals surface area contributed by atoms with Crippen LogP contribution in [0.1, 0.15) is 34.1 Å². The first kappa shape index (κ1) is 15.4. The number of aldehydes is 1. The molecule has 4 nitrogen and oxygen atoms in total. The number of hydrogen-bond acceptors (Lipinski definition) is 3. The van der Waals surface area contributed by atoms with E-state index in [4.69, 9.17) is 4.74 Å². The molecule has 0 aliphatic rings. The molecular formula is C13H21NO3. The highest BCUT2D eigenvalue weighted by Crippen LogP contribution is 2.17. The van der Waals surface area contributed by atoms with Crippen LogP contribution in [0.4, 0.5) is 4.79 Å². The number of nitrogens with zero attached hydrogens (tertiary/aromatic N) is 1. The summed E-state index contributed by atoms with van der Waals surface area (Å²) in [6.45, 7) is 14.4. The van der Waals surface area contributed by atoms with Gasteiger partial charge < -0.3 is 9.53 Å². The predicted molar refractivity (Wildman–Crippen MR) is 67.3 cm³/mol. The van der Waals surface area contributed by atoms with Crippen LogP contribution in [0.5, 0.6) is 0 Å². The van der Waals surface area contributed by atoms with Crippen LogP contribution in [-0.2, 0) is 9.53 Å². The van der Waals surface area contributed by atoms with Gasteiger partial charge in [0, 0.05) is 17.8 Å². The molecule has 0 aliphatic carbocycles. The van der Waals surface area contributed by atoms with Gasteiger partial charge >= 0.3 is 6.09 Å². The van der Waals surface area contributed by atoms with Crippen molar-refractivity contribution in [2.24, 2.45) is 5.92 Å². The van der Waals surface area contributed by atoms with E-state index >= 15 is 0 Å². The average molecular weight is 239 g/mol. The Morgan fingerprint density at radius 2 is 2.00 bits per heavy atom. The number of rotatable bonds is 5. The Kier molecular flexibility index (Phi) is 5.65. The number of carbonyl (C=O) groups is 2. The topological polar surface area (TPSA) is 46.6 Å². The van der Waals surface area contributed by atoms with Gasteiger partial charge in [0.25, 0.3) is 0 Å². The standard InChI is InChI=1S/C13H21NO3/c1-7-14(11(3)8-10(2)9-15)12(16)17-13(4,5)6/h7,9-10H,1,3,8H2,2,4-6H3/t10-/m0/s1. The summed E-state index contributed by atoms with van der Waals surface area (Å²) in [7, 11) is 0. The van der Waals surface area contributed by atoms with E-state index in [-0.39, 0.29) is 5.92 Å². The summed E-state index contributed by atoms with van der Waals surface area (Å²) in [5.74, 6) is -0.188. The van der Waals surface area contributed by atoms with E-state index in [1.165, 1.54) is 11.1 Å². The van der Waals surface area contributed by atoms with Crippen LogP contribution < -0.4 is 0 Å². The van der Waals surface area contributed by atoms with Crippen LogP contribution in [0.15, 0.2) is 25.1 Å². The maximum atomic E-state index is 11.8. The van der Waals surface area contributed by atoms with Gasteiger partial charge in [-0.3, -0.25) is 4.90 Å². The molecule has 0 aliphatic heterocycles. The lowest BCUT2D eigenvalue weighted by atomic mass is 10.1. The van der Waals surface area contributed by atoms with E-state index in [9.17, 15) is 9.59 Å². The molecule has 0 saturated carbocycles. The van der Waals surface area contributed by atoms with Crippen molar-refractivity contribution < 1.29 is 14.3 Å². The third kappa shape index (κ3) is 5.90. The normalized spacial score (nSPS) is 12.5. The minimum atomic E-state index is -0.575. The van der Waals surface area contributed by atoms with Gasteiger partial charge in [-0.05, 0) is 27.2 Å². The van der Waals surface area contributed by atoms with Crippen molar-refractivity contribution in [1.82, 2.24) is 4.90 Å². The fourth-order valence-corrected chi connectivity index (χ4v) is 1.16. The van der Waals surface area contributed by atoms with Gasteiger partial charge in [-0.2, -0.15) is 0 Å².